The number of ether oxygens (including phenoxy) is 1. The van der Waals surface area contributed by atoms with Crippen LogP contribution >= 0.6 is 0 Å². The van der Waals surface area contributed by atoms with Crippen LogP contribution in [0.3, 0.4) is 0 Å². The Labute approximate surface area is 117 Å². The van der Waals surface area contributed by atoms with Crippen molar-refractivity contribution in [1.29, 1.82) is 0 Å². The Hall–Kier alpha value is -2.11. The molecule has 1 rings (SSSR count). The third kappa shape index (κ3) is 2.74. The number of esters is 1. The standard InChI is InChI=1S/C14H19NO5/c1-5-9-10(6-8(2)14(19)20-4)15(3)11(7-16)12(9)13(17)18/h7-8H,5-6H2,1-4H3,(H,17,18). The molecule has 0 aliphatic heterocycles. The lowest BCUT2D eigenvalue weighted by Gasteiger charge is -2.12. The first-order chi connectivity index (χ1) is 9.38. The molecule has 0 aromatic carbocycles. The molecule has 1 N–H and O–H groups in total. The fourth-order valence-electron chi connectivity index (χ4n) is 2.41. The van der Waals surface area contributed by atoms with Crippen molar-refractivity contribution in [2.24, 2.45) is 13.0 Å². The van der Waals surface area contributed by atoms with Crippen LogP contribution in [0.25, 0.3) is 0 Å². The second-order valence-corrected chi connectivity index (χ2v) is 4.65. The molecule has 1 atom stereocenters. The van der Waals surface area contributed by atoms with Crippen LogP contribution in [0.1, 0.15) is 46.0 Å². The molecule has 0 radical (unpaired) electrons. The quantitative estimate of drug-likeness (QED) is 0.630. The fraction of sp³-hybridized carbons (Fsp3) is 0.500. The number of nitrogens with zero attached hydrogens (tertiary/aromatic N) is 1. The maximum Gasteiger partial charge on any atom is 0.338 e. The van der Waals surface area contributed by atoms with Gasteiger partial charge in [0.1, 0.15) is 0 Å². The number of aromatic nitrogens is 1. The van der Waals surface area contributed by atoms with Gasteiger partial charge in [0.25, 0.3) is 0 Å². The topological polar surface area (TPSA) is 85.6 Å². The van der Waals surface area contributed by atoms with Crippen LogP contribution in [0.4, 0.5) is 0 Å². The molecule has 0 fully saturated rings. The fourth-order valence-corrected chi connectivity index (χ4v) is 2.41. The number of carboxylic acids is 1. The Morgan fingerprint density at radius 3 is 2.45 bits per heavy atom. The van der Waals surface area contributed by atoms with Crippen LogP contribution in [0, 0.1) is 5.92 Å². The molecule has 0 amide bonds. The zero-order valence-electron chi connectivity index (χ0n) is 12.1. The molecule has 0 saturated heterocycles. The van der Waals surface area contributed by atoms with Gasteiger partial charge in [0, 0.05) is 19.2 Å². The molecule has 1 aromatic heterocycles. The van der Waals surface area contributed by atoms with Gasteiger partial charge in [-0.1, -0.05) is 13.8 Å². The molecule has 1 heterocycles. The van der Waals surface area contributed by atoms with Gasteiger partial charge in [0.2, 0.25) is 0 Å². The third-order valence-electron chi connectivity index (χ3n) is 3.45. The van der Waals surface area contributed by atoms with Crippen LogP contribution in [0.5, 0.6) is 0 Å². The highest BCUT2D eigenvalue weighted by atomic mass is 16.5. The molecule has 20 heavy (non-hydrogen) atoms. The molecule has 6 nitrogen and oxygen atoms in total. The van der Waals surface area contributed by atoms with Crippen LogP contribution < -0.4 is 0 Å². The van der Waals surface area contributed by atoms with E-state index in [0.29, 0.717) is 30.4 Å². The van der Waals surface area contributed by atoms with Gasteiger partial charge in [0.05, 0.1) is 24.3 Å². The molecule has 0 spiro atoms. The minimum atomic E-state index is -1.13. The van der Waals surface area contributed by atoms with Crippen LogP contribution in [-0.2, 0) is 29.4 Å². The van der Waals surface area contributed by atoms with E-state index in [2.05, 4.69) is 4.74 Å². The van der Waals surface area contributed by atoms with Gasteiger partial charge < -0.3 is 14.4 Å². The summed E-state index contributed by atoms with van der Waals surface area (Å²) in [7, 11) is 2.94. The maximum absolute atomic E-state index is 11.5. The van der Waals surface area contributed by atoms with E-state index >= 15 is 0 Å². The van der Waals surface area contributed by atoms with E-state index in [1.54, 1.807) is 18.5 Å². The maximum atomic E-state index is 11.5. The highest BCUT2D eigenvalue weighted by Crippen LogP contribution is 2.25. The molecule has 0 aliphatic rings. The number of rotatable bonds is 6. The Balaban J connectivity index is 3.36. The first-order valence-corrected chi connectivity index (χ1v) is 6.35. The van der Waals surface area contributed by atoms with Crippen LogP contribution in [0.2, 0.25) is 0 Å². The summed E-state index contributed by atoms with van der Waals surface area (Å²) in [5, 5.41) is 9.27. The summed E-state index contributed by atoms with van der Waals surface area (Å²) < 4.78 is 6.22. The number of aldehydes is 1. The number of hydrogen-bond donors (Lipinski definition) is 1. The van der Waals surface area contributed by atoms with E-state index < -0.39 is 11.9 Å². The monoisotopic (exact) mass is 281 g/mol. The van der Waals surface area contributed by atoms with Crippen molar-refractivity contribution in [3.63, 3.8) is 0 Å². The molecule has 6 heteroatoms. The van der Waals surface area contributed by atoms with E-state index in [9.17, 15) is 19.5 Å². The Morgan fingerprint density at radius 2 is 2.05 bits per heavy atom. The Kier molecular flexibility index (Phi) is 5.07. The minimum absolute atomic E-state index is 0.0251. The first kappa shape index (κ1) is 15.9. The predicted molar refractivity (Wildman–Crippen MR) is 72.0 cm³/mol. The second kappa shape index (κ2) is 6.36. The first-order valence-electron chi connectivity index (χ1n) is 6.35. The zero-order valence-corrected chi connectivity index (χ0v) is 12.1. The summed E-state index contributed by atoms with van der Waals surface area (Å²) >= 11 is 0. The zero-order chi connectivity index (χ0) is 15.4. The molecule has 1 aromatic rings. The summed E-state index contributed by atoms with van der Waals surface area (Å²) in [6.07, 6.45) is 1.35. The SMILES string of the molecule is CCc1c(C(=O)O)c(C=O)n(C)c1CC(C)C(=O)OC. The number of carbonyl (C=O) groups is 3. The highest BCUT2D eigenvalue weighted by Gasteiger charge is 2.26. The van der Waals surface area contributed by atoms with E-state index in [1.165, 1.54) is 7.11 Å². The molecule has 1 unspecified atom stereocenters. The summed E-state index contributed by atoms with van der Waals surface area (Å²) in [6, 6.07) is 0. The number of carboxylic acid groups (broad SMARTS) is 1. The molecule has 0 bridgehead atoms. The average molecular weight is 281 g/mol. The van der Waals surface area contributed by atoms with Crippen LogP contribution in [-0.4, -0.2) is 35.0 Å². The van der Waals surface area contributed by atoms with E-state index in [-0.39, 0.29) is 17.2 Å². The lowest BCUT2D eigenvalue weighted by molar-refractivity contribution is -0.144. The van der Waals surface area contributed by atoms with Crippen molar-refractivity contribution in [3.8, 4) is 0 Å². The molecule has 0 saturated carbocycles. The van der Waals surface area contributed by atoms with Crippen molar-refractivity contribution >= 4 is 18.2 Å². The third-order valence-corrected chi connectivity index (χ3v) is 3.45. The highest BCUT2D eigenvalue weighted by molar-refractivity contribution is 5.98. The van der Waals surface area contributed by atoms with Crippen molar-refractivity contribution < 1.29 is 24.2 Å². The molecular weight excluding hydrogens is 262 g/mol. The van der Waals surface area contributed by atoms with E-state index in [0.717, 1.165) is 0 Å². The van der Waals surface area contributed by atoms with E-state index in [1.807, 2.05) is 6.92 Å². The van der Waals surface area contributed by atoms with Gasteiger partial charge >= 0.3 is 11.9 Å². The van der Waals surface area contributed by atoms with Gasteiger partial charge in [-0.25, -0.2) is 4.79 Å². The van der Waals surface area contributed by atoms with Crippen LogP contribution in [0.15, 0.2) is 0 Å². The predicted octanol–water partition coefficient (Wildman–Crippen LogP) is 1.45. The Bertz CT molecular complexity index is 544. The lowest BCUT2D eigenvalue weighted by Crippen LogP contribution is -2.17. The second-order valence-electron chi connectivity index (χ2n) is 4.65. The smallest absolute Gasteiger partial charge is 0.338 e. The largest absolute Gasteiger partial charge is 0.478 e. The van der Waals surface area contributed by atoms with Gasteiger partial charge in [-0.15, -0.1) is 0 Å². The number of carbonyl (C=O) groups excluding carboxylic acids is 2. The van der Waals surface area contributed by atoms with E-state index in [4.69, 9.17) is 0 Å². The van der Waals surface area contributed by atoms with Gasteiger partial charge in [-0.2, -0.15) is 0 Å². The summed E-state index contributed by atoms with van der Waals surface area (Å²) in [5.41, 5.74) is 1.43. The average Bonchev–Trinajstić information content (AvgIpc) is 2.70. The molecule has 0 aliphatic carbocycles. The number of methoxy groups -OCH3 is 1. The lowest BCUT2D eigenvalue weighted by atomic mass is 9.99. The number of hydrogen-bond acceptors (Lipinski definition) is 4. The van der Waals surface area contributed by atoms with Crippen molar-refractivity contribution in [2.75, 3.05) is 7.11 Å². The van der Waals surface area contributed by atoms with Gasteiger partial charge in [-0.05, 0) is 12.0 Å². The van der Waals surface area contributed by atoms with Crippen molar-refractivity contribution in [2.45, 2.75) is 26.7 Å². The Morgan fingerprint density at radius 1 is 1.45 bits per heavy atom. The molecular formula is C14H19NO5. The van der Waals surface area contributed by atoms with Crippen molar-refractivity contribution in [1.82, 2.24) is 4.57 Å². The molecule has 110 valence electrons. The normalized spacial score (nSPS) is 12.0. The summed E-state index contributed by atoms with van der Waals surface area (Å²) in [4.78, 5) is 34.0. The van der Waals surface area contributed by atoms with Gasteiger partial charge in [0.15, 0.2) is 6.29 Å². The summed E-state index contributed by atoms with van der Waals surface area (Å²) in [5.74, 6) is -1.89. The minimum Gasteiger partial charge on any atom is -0.478 e. The number of aromatic carboxylic acids is 1. The van der Waals surface area contributed by atoms with Gasteiger partial charge in [-0.3, -0.25) is 9.59 Å². The van der Waals surface area contributed by atoms with Crippen molar-refractivity contribution in [3.05, 3.63) is 22.5 Å². The summed E-state index contributed by atoms with van der Waals surface area (Å²) in [6.45, 7) is 3.53.